The fourth-order valence-electron chi connectivity index (χ4n) is 0.252. The van der Waals surface area contributed by atoms with Crippen molar-refractivity contribution in [2.24, 2.45) is 0 Å². The highest BCUT2D eigenvalue weighted by Crippen LogP contribution is 2.13. The molecule has 0 aliphatic rings. The van der Waals surface area contributed by atoms with Gasteiger partial charge in [-0.05, 0) is 12.6 Å². The summed E-state index contributed by atoms with van der Waals surface area (Å²) in [5.74, 6) is 0. The van der Waals surface area contributed by atoms with Gasteiger partial charge < -0.3 is 0 Å². The Morgan fingerprint density at radius 2 is 1.00 bits per heavy atom. The second-order valence-electron chi connectivity index (χ2n) is 1.36. The first-order chi connectivity index (χ1) is 3.63. The maximum Gasteiger partial charge on any atom is 0.351 e. The molecule has 6 heteroatoms. The van der Waals surface area contributed by atoms with Crippen LogP contribution in [-0.4, -0.2) is 11.1 Å². The lowest BCUT2D eigenvalue weighted by atomic mass is 9.86. The van der Waals surface area contributed by atoms with Crippen LogP contribution in [0.1, 0.15) is 0 Å². The van der Waals surface area contributed by atoms with Gasteiger partial charge in [0.1, 0.15) is 0 Å². The summed E-state index contributed by atoms with van der Waals surface area (Å²) in [5.41, 5.74) is -0.676. The first-order valence-corrected chi connectivity index (χ1v) is 3.94. The number of halogens is 4. The van der Waals surface area contributed by atoms with Crippen LogP contribution in [0.4, 0.5) is 0 Å². The summed E-state index contributed by atoms with van der Waals surface area (Å²) in [5, 5.41) is 0. The zero-order valence-corrected chi connectivity index (χ0v) is 7.10. The molecular formula is C2H4B2Cl4. The normalized spacial score (nSPS) is 9.00. The molecule has 0 saturated carbocycles. The van der Waals surface area contributed by atoms with Gasteiger partial charge in [-0.3, -0.25) is 0 Å². The molecule has 0 aromatic rings. The molecule has 8 heavy (non-hydrogen) atoms. The first-order valence-electron chi connectivity index (χ1n) is 2.19. The maximum atomic E-state index is 5.37. The molecule has 0 bridgehead atoms. The van der Waals surface area contributed by atoms with E-state index in [0.717, 1.165) is 0 Å². The Hall–Kier alpha value is 1.29. The minimum atomic E-state index is -0.338. The minimum absolute atomic E-state index is 0.338. The first kappa shape index (κ1) is 9.29. The van der Waals surface area contributed by atoms with E-state index in [-0.39, 0.29) is 11.1 Å². The van der Waals surface area contributed by atoms with E-state index < -0.39 is 0 Å². The van der Waals surface area contributed by atoms with Gasteiger partial charge in [0.2, 0.25) is 0 Å². The van der Waals surface area contributed by atoms with E-state index in [1.165, 1.54) is 0 Å². The van der Waals surface area contributed by atoms with Gasteiger partial charge in [0, 0.05) is 0 Å². The van der Waals surface area contributed by atoms with Crippen molar-refractivity contribution in [1.29, 1.82) is 0 Å². The van der Waals surface area contributed by atoms with E-state index in [2.05, 4.69) is 0 Å². The average molecular weight is 191 g/mol. The third kappa shape index (κ3) is 7.29. The largest absolute Gasteiger partial charge is 0.351 e. The Morgan fingerprint density at radius 3 is 1.12 bits per heavy atom. The van der Waals surface area contributed by atoms with Crippen molar-refractivity contribution in [1.82, 2.24) is 0 Å². The Kier molecular flexibility index (Phi) is 5.93. The van der Waals surface area contributed by atoms with Gasteiger partial charge in [-0.2, -0.15) is 45.8 Å². The second-order valence-corrected chi connectivity index (χ2v) is 3.91. The van der Waals surface area contributed by atoms with E-state index >= 15 is 0 Å². The molecular weight excluding hydrogens is 187 g/mol. The zero-order chi connectivity index (χ0) is 6.57. The predicted octanol–water partition coefficient (Wildman–Crippen LogP) is 2.92. The van der Waals surface area contributed by atoms with E-state index in [1.54, 1.807) is 0 Å². The van der Waals surface area contributed by atoms with Crippen LogP contribution in [0, 0.1) is 0 Å². The highest BCUT2D eigenvalue weighted by Gasteiger charge is 2.11. The molecule has 0 amide bonds. The smallest absolute Gasteiger partial charge is 0.172 e. The van der Waals surface area contributed by atoms with Crippen LogP contribution in [0.5, 0.6) is 0 Å². The Morgan fingerprint density at radius 1 is 0.750 bits per heavy atom. The van der Waals surface area contributed by atoms with Crippen molar-refractivity contribution in [3.63, 3.8) is 0 Å². The summed E-state index contributed by atoms with van der Waals surface area (Å²) in [7, 11) is 0. The average Bonchev–Trinajstić information content (AvgIpc) is 1.61. The van der Waals surface area contributed by atoms with Crippen LogP contribution in [-0.2, 0) is 0 Å². The minimum Gasteiger partial charge on any atom is -0.172 e. The van der Waals surface area contributed by atoms with Crippen molar-refractivity contribution in [3.05, 3.63) is 0 Å². The summed E-state index contributed by atoms with van der Waals surface area (Å²) < 4.78 is 0. The standard InChI is InChI=1S/C2H4B2Cl4/c5-3(6)1-2-4(7)8/h1-2H2. The van der Waals surface area contributed by atoms with Crippen LogP contribution in [0.3, 0.4) is 0 Å². The molecule has 0 aromatic heterocycles. The van der Waals surface area contributed by atoms with Crippen LogP contribution >= 0.6 is 45.8 Å². The molecule has 0 aliphatic carbocycles. The number of rotatable bonds is 3. The molecule has 0 heterocycles. The Labute approximate surface area is 69.6 Å². The summed E-state index contributed by atoms with van der Waals surface area (Å²) in [6.45, 7) is 0. The molecule has 0 saturated heterocycles. The molecule has 0 fully saturated rings. The van der Waals surface area contributed by atoms with Crippen LogP contribution < -0.4 is 0 Å². The Bertz CT molecular complexity index is 48.0. The highest BCUT2D eigenvalue weighted by molar-refractivity contribution is 7.36. The van der Waals surface area contributed by atoms with Crippen LogP contribution in [0.2, 0.25) is 12.6 Å². The summed E-state index contributed by atoms with van der Waals surface area (Å²) >= 11 is 21.5. The van der Waals surface area contributed by atoms with Gasteiger partial charge >= 0.3 is 11.1 Å². The van der Waals surface area contributed by atoms with Crippen molar-refractivity contribution >= 4 is 56.9 Å². The molecule has 0 spiro atoms. The fraction of sp³-hybridized carbons (Fsp3) is 1.00. The molecule has 0 radical (unpaired) electrons. The van der Waals surface area contributed by atoms with Gasteiger partial charge in [0.25, 0.3) is 0 Å². The molecule has 0 aliphatic heterocycles. The Balaban J connectivity index is 2.93. The number of hydrogen-bond donors (Lipinski definition) is 0. The lowest BCUT2D eigenvalue weighted by Crippen LogP contribution is -1.97. The number of hydrogen-bond acceptors (Lipinski definition) is 0. The lowest BCUT2D eigenvalue weighted by molar-refractivity contribution is 1.43. The van der Waals surface area contributed by atoms with E-state index in [4.69, 9.17) is 45.8 Å². The summed E-state index contributed by atoms with van der Waals surface area (Å²) in [4.78, 5) is 0. The fourth-order valence-corrected chi connectivity index (χ4v) is 0.756. The quantitative estimate of drug-likeness (QED) is 0.602. The maximum absolute atomic E-state index is 5.37. The van der Waals surface area contributed by atoms with Crippen molar-refractivity contribution in [3.8, 4) is 0 Å². The van der Waals surface area contributed by atoms with Crippen LogP contribution in [0.25, 0.3) is 0 Å². The lowest BCUT2D eigenvalue weighted by Gasteiger charge is -1.93. The third-order valence-corrected chi connectivity index (χ3v) is 1.48. The third-order valence-electron chi connectivity index (χ3n) is 0.603. The molecule has 0 nitrogen and oxygen atoms in total. The topological polar surface area (TPSA) is 0 Å². The molecule has 0 N–H and O–H groups in total. The van der Waals surface area contributed by atoms with E-state index in [1.807, 2.05) is 0 Å². The van der Waals surface area contributed by atoms with Gasteiger partial charge in [0.05, 0.1) is 0 Å². The molecule has 46 valence electrons. The summed E-state index contributed by atoms with van der Waals surface area (Å²) in [6.07, 6.45) is 1.31. The van der Waals surface area contributed by atoms with Gasteiger partial charge in [-0.1, -0.05) is 0 Å². The monoisotopic (exact) mass is 190 g/mol. The summed E-state index contributed by atoms with van der Waals surface area (Å²) in [6, 6.07) is 0. The predicted molar refractivity (Wildman–Crippen MR) is 44.5 cm³/mol. The molecule has 0 unspecified atom stereocenters. The van der Waals surface area contributed by atoms with Gasteiger partial charge in [0.15, 0.2) is 0 Å². The SMILES string of the molecule is ClB(Cl)CCB(Cl)Cl. The molecule has 0 rings (SSSR count). The van der Waals surface area contributed by atoms with Crippen molar-refractivity contribution < 1.29 is 0 Å². The second kappa shape index (κ2) is 5.10. The van der Waals surface area contributed by atoms with Crippen molar-refractivity contribution in [2.75, 3.05) is 0 Å². The van der Waals surface area contributed by atoms with Crippen molar-refractivity contribution in [2.45, 2.75) is 12.6 Å². The van der Waals surface area contributed by atoms with E-state index in [9.17, 15) is 0 Å². The van der Waals surface area contributed by atoms with Crippen LogP contribution in [0.15, 0.2) is 0 Å². The highest BCUT2D eigenvalue weighted by atomic mass is 35.5. The van der Waals surface area contributed by atoms with Gasteiger partial charge in [-0.15, -0.1) is 0 Å². The van der Waals surface area contributed by atoms with E-state index in [0.29, 0.717) is 12.6 Å². The molecule has 0 aromatic carbocycles. The zero-order valence-electron chi connectivity index (χ0n) is 4.08. The van der Waals surface area contributed by atoms with Gasteiger partial charge in [-0.25, -0.2) is 0 Å². The molecule has 0 atom stereocenters.